The maximum absolute atomic E-state index is 3.69. The molecule has 0 bridgehead atoms. The van der Waals surface area contributed by atoms with Crippen molar-refractivity contribution in [1.29, 1.82) is 0 Å². The van der Waals surface area contributed by atoms with Crippen molar-refractivity contribution in [3.05, 3.63) is 101 Å². The third-order valence-electron chi connectivity index (χ3n) is 6.92. The lowest BCUT2D eigenvalue weighted by Gasteiger charge is -2.17. The smallest absolute Gasteiger partial charge is 0.0178 e. The van der Waals surface area contributed by atoms with Crippen LogP contribution in [-0.4, -0.2) is 0 Å². The Balaban J connectivity index is 1.61. The minimum Gasteiger partial charge on any atom is -0.0530 e. The van der Waals surface area contributed by atoms with E-state index in [9.17, 15) is 0 Å². The SMILES string of the molecule is Brc1ccc2c(c1)Cc1c-2c2c(c3c1-c1ccc(Br)cc1C3)-c1ccc(Br)cc1C2. The predicted molar refractivity (Wildman–Crippen MR) is 134 cm³/mol. The van der Waals surface area contributed by atoms with Gasteiger partial charge >= 0.3 is 0 Å². The maximum Gasteiger partial charge on any atom is 0.0178 e. The van der Waals surface area contributed by atoms with Crippen LogP contribution in [0.1, 0.15) is 33.4 Å². The van der Waals surface area contributed by atoms with Crippen LogP contribution in [0.5, 0.6) is 0 Å². The molecule has 0 atom stereocenters. The van der Waals surface area contributed by atoms with Gasteiger partial charge in [-0.1, -0.05) is 66.0 Å². The number of benzene rings is 4. The first-order valence-corrected chi connectivity index (χ1v) is 12.5. The van der Waals surface area contributed by atoms with Crippen molar-refractivity contribution in [2.45, 2.75) is 19.3 Å². The largest absolute Gasteiger partial charge is 0.0530 e. The van der Waals surface area contributed by atoms with Crippen molar-refractivity contribution >= 4 is 47.8 Å². The van der Waals surface area contributed by atoms with E-state index in [0.29, 0.717) is 0 Å². The average Bonchev–Trinajstić information content (AvgIpc) is 3.36. The van der Waals surface area contributed by atoms with Gasteiger partial charge in [0.15, 0.2) is 0 Å². The molecule has 0 N–H and O–H groups in total. The summed E-state index contributed by atoms with van der Waals surface area (Å²) in [6.07, 6.45) is 3.07. The second-order valence-corrected chi connectivity index (χ2v) is 11.2. The van der Waals surface area contributed by atoms with Gasteiger partial charge in [-0.3, -0.25) is 0 Å². The molecule has 0 saturated carbocycles. The summed E-state index contributed by atoms with van der Waals surface area (Å²) in [5, 5.41) is 0. The third-order valence-corrected chi connectivity index (χ3v) is 8.40. The highest BCUT2D eigenvalue weighted by atomic mass is 79.9. The zero-order chi connectivity index (χ0) is 20.1. The molecule has 0 amide bonds. The first-order chi connectivity index (χ1) is 14.6. The van der Waals surface area contributed by atoms with Crippen molar-refractivity contribution < 1.29 is 0 Å². The van der Waals surface area contributed by atoms with Crippen LogP contribution in [0.4, 0.5) is 0 Å². The van der Waals surface area contributed by atoms with Gasteiger partial charge < -0.3 is 0 Å². The Morgan fingerprint density at radius 1 is 0.433 bits per heavy atom. The van der Waals surface area contributed by atoms with E-state index in [1.54, 1.807) is 0 Å². The van der Waals surface area contributed by atoms with Crippen LogP contribution >= 0.6 is 47.8 Å². The molecule has 3 aliphatic rings. The van der Waals surface area contributed by atoms with Crippen molar-refractivity contribution in [1.82, 2.24) is 0 Å². The molecule has 0 fully saturated rings. The molecular formula is C27H15Br3. The minimum absolute atomic E-state index is 1.02. The highest BCUT2D eigenvalue weighted by Crippen LogP contribution is 2.56. The van der Waals surface area contributed by atoms with Gasteiger partial charge in [0, 0.05) is 13.4 Å². The van der Waals surface area contributed by atoms with E-state index in [4.69, 9.17) is 0 Å². The average molecular weight is 579 g/mol. The van der Waals surface area contributed by atoms with Gasteiger partial charge in [0.25, 0.3) is 0 Å². The molecule has 3 heteroatoms. The molecule has 0 heterocycles. The Bertz CT molecular complexity index is 1250. The van der Waals surface area contributed by atoms with Gasteiger partial charge in [0.2, 0.25) is 0 Å². The van der Waals surface area contributed by atoms with Crippen LogP contribution in [0.25, 0.3) is 33.4 Å². The van der Waals surface area contributed by atoms with Gasteiger partial charge in [-0.25, -0.2) is 0 Å². The molecule has 3 aliphatic carbocycles. The molecule has 0 aliphatic heterocycles. The zero-order valence-electron chi connectivity index (χ0n) is 16.0. The molecule has 0 nitrogen and oxygen atoms in total. The van der Waals surface area contributed by atoms with Gasteiger partial charge in [-0.2, -0.15) is 0 Å². The highest BCUT2D eigenvalue weighted by Gasteiger charge is 2.37. The lowest BCUT2D eigenvalue weighted by Crippen LogP contribution is -1.96. The summed E-state index contributed by atoms with van der Waals surface area (Å²) in [6.45, 7) is 0. The number of hydrogen-bond donors (Lipinski definition) is 0. The molecule has 30 heavy (non-hydrogen) atoms. The van der Waals surface area contributed by atoms with Gasteiger partial charge in [-0.15, -0.1) is 0 Å². The van der Waals surface area contributed by atoms with Crippen LogP contribution in [0.15, 0.2) is 68.0 Å². The number of fused-ring (bicyclic) bond motifs is 12. The topological polar surface area (TPSA) is 0 Å². The molecule has 0 radical (unpaired) electrons. The Labute approximate surface area is 200 Å². The van der Waals surface area contributed by atoms with Crippen LogP contribution in [0.3, 0.4) is 0 Å². The first-order valence-electron chi connectivity index (χ1n) is 10.2. The number of hydrogen-bond acceptors (Lipinski definition) is 0. The normalized spacial score (nSPS) is 14.1. The summed E-state index contributed by atoms with van der Waals surface area (Å²) in [5.74, 6) is 0. The second-order valence-electron chi connectivity index (χ2n) is 8.50. The van der Waals surface area contributed by atoms with Crippen LogP contribution < -0.4 is 0 Å². The Morgan fingerprint density at radius 3 is 1.03 bits per heavy atom. The van der Waals surface area contributed by atoms with E-state index >= 15 is 0 Å². The molecule has 4 aromatic carbocycles. The van der Waals surface area contributed by atoms with E-state index in [2.05, 4.69) is 102 Å². The van der Waals surface area contributed by atoms with E-state index in [1.165, 1.54) is 80.2 Å². The van der Waals surface area contributed by atoms with E-state index in [-0.39, 0.29) is 0 Å². The standard InChI is InChI=1S/C27H15Br3/c28-16-1-4-19-13(7-16)10-22-25(19)23-11-14-8-17(29)2-5-20(14)27(23)24-12-15-9-18(30)3-6-21(15)26(22)24/h1-9H,10-12H2. The second kappa shape index (κ2) is 6.18. The Hall–Kier alpha value is -1.68. The van der Waals surface area contributed by atoms with Gasteiger partial charge in [0.05, 0.1) is 0 Å². The van der Waals surface area contributed by atoms with E-state index < -0.39 is 0 Å². The summed E-state index contributed by atoms with van der Waals surface area (Å²) in [5.41, 5.74) is 17.7. The summed E-state index contributed by atoms with van der Waals surface area (Å²) in [4.78, 5) is 0. The quantitative estimate of drug-likeness (QED) is 0.169. The van der Waals surface area contributed by atoms with Gasteiger partial charge in [-0.05, 0) is 122 Å². The molecule has 0 saturated heterocycles. The fourth-order valence-electron chi connectivity index (χ4n) is 5.86. The van der Waals surface area contributed by atoms with Crippen molar-refractivity contribution in [3.8, 4) is 33.4 Å². The van der Waals surface area contributed by atoms with Crippen LogP contribution in [-0.2, 0) is 19.3 Å². The lowest BCUT2D eigenvalue weighted by atomic mass is 9.86. The highest BCUT2D eigenvalue weighted by molar-refractivity contribution is 9.11. The van der Waals surface area contributed by atoms with Crippen molar-refractivity contribution in [2.75, 3.05) is 0 Å². The first kappa shape index (κ1) is 17.9. The molecular weight excluding hydrogens is 564 g/mol. The Morgan fingerprint density at radius 2 is 0.733 bits per heavy atom. The lowest BCUT2D eigenvalue weighted by molar-refractivity contribution is 1.21. The van der Waals surface area contributed by atoms with Crippen molar-refractivity contribution in [2.24, 2.45) is 0 Å². The van der Waals surface area contributed by atoms with E-state index in [1.807, 2.05) is 0 Å². The summed E-state index contributed by atoms with van der Waals surface area (Å²) in [6, 6.07) is 20.4. The van der Waals surface area contributed by atoms with E-state index in [0.717, 1.165) is 19.3 Å². The summed E-state index contributed by atoms with van der Waals surface area (Å²) in [7, 11) is 0. The number of halogens is 3. The molecule has 7 rings (SSSR count). The van der Waals surface area contributed by atoms with Crippen LogP contribution in [0, 0.1) is 0 Å². The predicted octanol–water partition coefficient (Wildman–Crippen LogP) is 8.69. The van der Waals surface area contributed by atoms with Crippen LogP contribution in [0.2, 0.25) is 0 Å². The minimum atomic E-state index is 1.02. The fraction of sp³-hybridized carbons (Fsp3) is 0.111. The molecule has 0 unspecified atom stereocenters. The maximum atomic E-state index is 3.69. The summed E-state index contributed by atoms with van der Waals surface area (Å²) >= 11 is 11.1. The molecule has 4 aromatic rings. The van der Waals surface area contributed by atoms with Crippen molar-refractivity contribution in [3.63, 3.8) is 0 Å². The summed E-state index contributed by atoms with van der Waals surface area (Å²) < 4.78 is 3.50. The fourth-order valence-corrected chi connectivity index (χ4v) is 7.08. The Kier molecular flexibility index (Phi) is 3.70. The third kappa shape index (κ3) is 2.32. The zero-order valence-corrected chi connectivity index (χ0v) is 20.7. The molecule has 144 valence electrons. The molecule has 0 aromatic heterocycles. The number of rotatable bonds is 0. The monoisotopic (exact) mass is 576 g/mol. The molecule has 0 spiro atoms. The van der Waals surface area contributed by atoms with Gasteiger partial charge in [0.1, 0.15) is 0 Å².